The molecule has 0 aliphatic carbocycles. The second-order valence-corrected chi connectivity index (χ2v) is 9.54. The normalized spacial score (nSPS) is 11.1. The van der Waals surface area contributed by atoms with Crippen molar-refractivity contribution in [3.63, 3.8) is 0 Å². The molecule has 150 valence electrons. The Balaban J connectivity index is 1.80. The fraction of sp³-hybridized carbons (Fsp3) is 0.136. The van der Waals surface area contributed by atoms with Crippen LogP contribution in [-0.4, -0.2) is 27.1 Å². The smallest absolute Gasteiger partial charge is 0.245 e. The van der Waals surface area contributed by atoms with Crippen molar-refractivity contribution in [2.75, 3.05) is 22.4 Å². The Labute approximate surface area is 175 Å². The summed E-state index contributed by atoms with van der Waals surface area (Å²) in [6, 6.07) is 24.4. The molecule has 5 nitrogen and oxygen atoms in total. The molecule has 1 amide bonds. The topological polar surface area (TPSA) is 66.5 Å². The first-order chi connectivity index (χ1) is 13.8. The Hall–Kier alpha value is -2.77. The zero-order valence-corrected chi connectivity index (χ0v) is 17.8. The van der Waals surface area contributed by atoms with E-state index < -0.39 is 15.9 Å². The molecule has 0 aromatic heterocycles. The van der Waals surface area contributed by atoms with Crippen molar-refractivity contribution < 1.29 is 13.2 Å². The molecule has 3 rings (SSSR count). The van der Waals surface area contributed by atoms with E-state index in [0.717, 1.165) is 25.9 Å². The number of hydrogen-bond donors (Lipinski definition) is 1. The first-order valence-corrected chi connectivity index (χ1v) is 11.7. The van der Waals surface area contributed by atoms with Crippen LogP contribution in [0.5, 0.6) is 0 Å². The lowest BCUT2D eigenvalue weighted by atomic mass is 10.2. The minimum absolute atomic E-state index is 0.298. The molecule has 0 saturated heterocycles. The molecule has 0 bridgehead atoms. The number of amides is 1. The first-order valence-electron chi connectivity index (χ1n) is 9.00. The summed E-state index contributed by atoms with van der Waals surface area (Å²) in [5, 5.41) is 2.86. The van der Waals surface area contributed by atoms with Crippen molar-refractivity contribution in [1.82, 2.24) is 0 Å². The van der Waals surface area contributed by atoms with Crippen molar-refractivity contribution in [3.05, 3.63) is 84.4 Å². The summed E-state index contributed by atoms with van der Waals surface area (Å²) >= 11 is 1.53. The van der Waals surface area contributed by atoms with Crippen LogP contribution in [0.2, 0.25) is 0 Å². The molecule has 0 aliphatic rings. The number of benzene rings is 3. The number of rotatable bonds is 7. The second-order valence-electron chi connectivity index (χ2n) is 6.52. The molecule has 0 saturated carbocycles. The minimum Gasteiger partial charge on any atom is -0.323 e. The highest BCUT2D eigenvalue weighted by atomic mass is 32.2. The van der Waals surface area contributed by atoms with Crippen LogP contribution < -0.4 is 9.62 Å². The summed E-state index contributed by atoms with van der Waals surface area (Å²) in [4.78, 5) is 14.7. The summed E-state index contributed by atoms with van der Waals surface area (Å²) in [6.45, 7) is 1.52. The monoisotopic (exact) mass is 426 g/mol. The molecular formula is C22H22N2O3S2. The molecule has 29 heavy (non-hydrogen) atoms. The second kappa shape index (κ2) is 9.15. The lowest BCUT2D eigenvalue weighted by Crippen LogP contribution is -2.37. The molecule has 0 spiro atoms. The van der Waals surface area contributed by atoms with Gasteiger partial charge in [-0.1, -0.05) is 60.3 Å². The van der Waals surface area contributed by atoms with Gasteiger partial charge in [-0.2, -0.15) is 0 Å². The predicted octanol–water partition coefficient (Wildman–Crippen LogP) is 4.55. The van der Waals surface area contributed by atoms with E-state index in [2.05, 4.69) is 5.32 Å². The summed E-state index contributed by atoms with van der Waals surface area (Å²) in [5.74, 6) is -0.403. The zero-order chi connectivity index (χ0) is 20.9. The molecule has 0 radical (unpaired) electrons. The number of aryl methyl sites for hydroxylation is 1. The SMILES string of the molecule is Cc1ccccc1N(CC(=O)Nc1ccccc1Sc1ccccc1)S(C)(=O)=O. The maximum absolute atomic E-state index is 12.7. The van der Waals surface area contributed by atoms with Gasteiger partial charge in [0.25, 0.3) is 0 Å². The maximum atomic E-state index is 12.7. The fourth-order valence-electron chi connectivity index (χ4n) is 2.82. The van der Waals surface area contributed by atoms with Gasteiger partial charge in [-0.05, 0) is 42.8 Å². The predicted molar refractivity (Wildman–Crippen MR) is 119 cm³/mol. The van der Waals surface area contributed by atoms with E-state index in [1.165, 1.54) is 11.8 Å². The highest BCUT2D eigenvalue weighted by molar-refractivity contribution is 7.99. The molecule has 7 heteroatoms. The number of sulfonamides is 1. The maximum Gasteiger partial charge on any atom is 0.245 e. The molecule has 3 aromatic carbocycles. The molecule has 0 aliphatic heterocycles. The van der Waals surface area contributed by atoms with Gasteiger partial charge in [-0.15, -0.1) is 0 Å². The van der Waals surface area contributed by atoms with Crippen LogP contribution in [0.15, 0.2) is 88.7 Å². The number of nitrogens with zero attached hydrogens (tertiary/aromatic N) is 1. The zero-order valence-electron chi connectivity index (χ0n) is 16.2. The Morgan fingerprint density at radius 3 is 2.24 bits per heavy atom. The summed E-state index contributed by atoms with van der Waals surface area (Å²) < 4.78 is 25.8. The van der Waals surface area contributed by atoms with Crippen LogP contribution in [0.4, 0.5) is 11.4 Å². The van der Waals surface area contributed by atoms with Crippen molar-refractivity contribution in [2.24, 2.45) is 0 Å². The van der Waals surface area contributed by atoms with Gasteiger partial charge in [0, 0.05) is 9.79 Å². The van der Waals surface area contributed by atoms with Gasteiger partial charge in [0.1, 0.15) is 6.54 Å². The third-order valence-electron chi connectivity index (χ3n) is 4.20. The van der Waals surface area contributed by atoms with Crippen LogP contribution in [0.25, 0.3) is 0 Å². The number of para-hydroxylation sites is 2. The fourth-order valence-corrected chi connectivity index (χ4v) is 4.66. The van der Waals surface area contributed by atoms with E-state index in [1.807, 2.05) is 73.7 Å². The van der Waals surface area contributed by atoms with Crippen molar-refractivity contribution in [1.29, 1.82) is 0 Å². The van der Waals surface area contributed by atoms with Crippen LogP contribution in [0.3, 0.4) is 0 Å². The van der Waals surface area contributed by atoms with E-state index in [1.54, 1.807) is 12.1 Å². The molecule has 0 atom stereocenters. The van der Waals surface area contributed by atoms with Gasteiger partial charge in [0.2, 0.25) is 15.9 Å². The van der Waals surface area contributed by atoms with E-state index in [9.17, 15) is 13.2 Å². The Bertz CT molecular complexity index is 1100. The average Bonchev–Trinajstić information content (AvgIpc) is 2.68. The number of carbonyl (C=O) groups is 1. The lowest BCUT2D eigenvalue weighted by molar-refractivity contribution is -0.114. The van der Waals surface area contributed by atoms with Crippen LogP contribution in [-0.2, 0) is 14.8 Å². The van der Waals surface area contributed by atoms with Gasteiger partial charge >= 0.3 is 0 Å². The quantitative estimate of drug-likeness (QED) is 0.602. The first kappa shape index (κ1) is 21.0. The Morgan fingerprint density at radius 2 is 1.55 bits per heavy atom. The lowest BCUT2D eigenvalue weighted by Gasteiger charge is -2.23. The van der Waals surface area contributed by atoms with Crippen LogP contribution in [0, 0.1) is 6.92 Å². The van der Waals surface area contributed by atoms with Gasteiger partial charge in [-0.25, -0.2) is 8.42 Å². The highest BCUT2D eigenvalue weighted by Crippen LogP contribution is 2.33. The molecule has 3 aromatic rings. The molecular weight excluding hydrogens is 404 g/mol. The largest absolute Gasteiger partial charge is 0.323 e. The van der Waals surface area contributed by atoms with E-state index in [4.69, 9.17) is 0 Å². The van der Waals surface area contributed by atoms with E-state index >= 15 is 0 Å². The Morgan fingerprint density at radius 1 is 0.931 bits per heavy atom. The molecule has 0 fully saturated rings. The number of carbonyl (C=O) groups excluding carboxylic acids is 1. The van der Waals surface area contributed by atoms with Gasteiger partial charge in [0.15, 0.2) is 0 Å². The minimum atomic E-state index is -3.62. The third-order valence-corrected chi connectivity index (χ3v) is 6.41. The standard InChI is InChI=1S/C22H22N2O3S2/c1-17-10-6-8-14-20(17)24(29(2,26)27)16-22(25)23-19-13-7-9-15-21(19)28-18-11-4-3-5-12-18/h3-15H,16H2,1-2H3,(H,23,25). The van der Waals surface area contributed by atoms with E-state index in [0.29, 0.717) is 11.4 Å². The van der Waals surface area contributed by atoms with Crippen molar-refractivity contribution in [3.8, 4) is 0 Å². The average molecular weight is 427 g/mol. The van der Waals surface area contributed by atoms with Gasteiger partial charge < -0.3 is 5.32 Å². The number of hydrogen-bond acceptors (Lipinski definition) is 4. The summed E-state index contributed by atoms with van der Waals surface area (Å²) in [6.07, 6.45) is 1.10. The van der Waals surface area contributed by atoms with Crippen LogP contribution in [0.1, 0.15) is 5.56 Å². The number of nitrogens with one attached hydrogen (secondary N) is 1. The molecule has 1 N–H and O–H groups in total. The molecule has 0 heterocycles. The van der Waals surface area contributed by atoms with Crippen molar-refractivity contribution in [2.45, 2.75) is 16.7 Å². The molecule has 0 unspecified atom stereocenters. The summed E-state index contributed by atoms with van der Waals surface area (Å²) in [7, 11) is -3.62. The van der Waals surface area contributed by atoms with Crippen molar-refractivity contribution >= 4 is 39.1 Å². The van der Waals surface area contributed by atoms with Gasteiger partial charge in [-0.3, -0.25) is 9.10 Å². The van der Waals surface area contributed by atoms with Gasteiger partial charge in [0.05, 0.1) is 17.6 Å². The third kappa shape index (κ3) is 5.62. The van der Waals surface area contributed by atoms with E-state index in [-0.39, 0.29) is 6.54 Å². The summed E-state index contributed by atoms with van der Waals surface area (Å²) in [5.41, 5.74) is 1.92. The highest BCUT2D eigenvalue weighted by Gasteiger charge is 2.22. The Kier molecular flexibility index (Phi) is 6.61. The number of anilines is 2. The van der Waals surface area contributed by atoms with Crippen LogP contribution >= 0.6 is 11.8 Å².